The van der Waals surface area contributed by atoms with E-state index in [1.165, 1.54) is 19.1 Å². The van der Waals surface area contributed by atoms with Gasteiger partial charge < -0.3 is 31.3 Å². The predicted molar refractivity (Wildman–Crippen MR) is 111 cm³/mol. The number of phenolic OH excluding ortho intramolecular Hbond substituents is 1. The topological polar surface area (TPSA) is 151 Å². The van der Waals surface area contributed by atoms with Crippen LogP contribution in [0.15, 0.2) is 24.3 Å². The molecular formula is C20H23N3O6S. The Balaban J connectivity index is 1.70. The number of anilines is 1. The van der Waals surface area contributed by atoms with Gasteiger partial charge in [0.15, 0.2) is 0 Å². The maximum absolute atomic E-state index is 12.7. The molecule has 2 atom stereocenters. The lowest BCUT2D eigenvalue weighted by Gasteiger charge is -2.25. The van der Waals surface area contributed by atoms with Gasteiger partial charge in [-0.15, -0.1) is 11.3 Å². The van der Waals surface area contributed by atoms with Crippen molar-refractivity contribution in [2.24, 2.45) is 0 Å². The molecular weight excluding hydrogens is 410 g/mol. The third-order valence-electron chi connectivity index (χ3n) is 4.77. The summed E-state index contributed by atoms with van der Waals surface area (Å²) in [5.41, 5.74) is 7.40. The van der Waals surface area contributed by atoms with Gasteiger partial charge in [-0.2, -0.15) is 0 Å². The average molecular weight is 433 g/mol. The summed E-state index contributed by atoms with van der Waals surface area (Å²) in [6, 6.07) is 5.57. The Labute approximate surface area is 176 Å². The summed E-state index contributed by atoms with van der Waals surface area (Å²) in [5, 5.41) is 24.4. The highest BCUT2D eigenvalue weighted by Crippen LogP contribution is 2.39. The van der Waals surface area contributed by atoms with Crippen molar-refractivity contribution in [1.82, 2.24) is 10.6 Å². The quantitative estimate of drug-likeness (QED) is 0.440. The molecule has 0 aliphatic carbocycles. The zero-order chi connectivity index (χ0) is 21.8. The number of ether oxygens (including phenoxy) is 1. The largest absolute Gasteiger partial charge is 0.508 e. The third kappa shape index (κ3) is 4.89. The van der Waals surface area contributed by atoms with Gasteiger partial charge in [-0.05, 0) is 29.7 Å². The van der Waals surface area contributed by atoms with E-state index in [-0.39, 0.29) is 35.2 Å². The number of benzene rings is 1. The molecule has 2 heterocycles. The summed E-state index contributed by atoms with van der Waals surface area (Å²) in [6.45, 7) is 1.78. The summed E-state index contributed by atoms with van der Waals surface area (Å²) in [6.07, 6.45) is 0.187. The van der Waals surface area contributed by atoms with Crippen molar-refractivity contribution < 1.29 is 29.3 Å². The Morgan fingerprint density at radius 3 is 2.63 bits per heavy atom. The molecule has 30 heavy (non-hydrogen) atoms. The Kier molecular flexibility index (Phi) is 6.58. The average Bonchev–Trinajstić information content (AvgIpc) is 3.03. The van der Waals surface area contributed by atoms with Crippen LogP contribution in [0, 0.1) is 0 Å². The van der Waals surface area contributed by atoms with Crippen LogP contribution in [0.3, 0.4) is 0 Å². The van der Waals surface area contributed by atoms with Gasteiger partial charge in [0.25, 0.3) is 0 Å². The number of thiophene rings is 1. The van der Waals surface area contributed by atoms with Crippen molar-refractivity contribution >= 4 is 34.1 Å². The molecule has 1 aromatic heterocycles. The first kappa shape index (κ1) is 21.6. The fourth-order valence-corrected chi connectivity index (χ4v) is 4.57. The summed E-state index contributed by atoms with van der Waals surface area (Å²) >= 11 is 1.16. The first-order chi connectivity index (χ1) is 14.3. The van der Waals surface area contributed by atoms with Gasteiger partial charge in [0.2, 0.25) is 11.8 Å². The van der Waals surface area contributed by atoms with Crippen LogP contribution in [0.5, 0.6) is 5.75 Å². The maximum Gasteiger partial charge on any atom is 0.338 e. The molecule has 0 saturated carbocycles. The number of nitrogens with one attached hydrogen (secondary N) is 2. The van der Waals surface area contributed by atoms with Gasteiger partial charge >= 0.3 is 5.97 Å². The molecule has 1 aliphatic heterocycles. The number of carboxylic acid groups (broad SMARTS) is 1. The van der Waals surface area contributed by atoms with E-state index in [9.17, 15) is 24.6 Å². The second-order valence-electron chi connectivity index (χ2n) is 6.97. The molecule has 0 radical (unpaired) electrons. The zero-order valence-corrected chi connectivity index (χ0v) is 17.1. The Bertz CT molecular complexity index is 956. The predicted octanol–water partition coefficient (Wildman–Crippen LogP) is 1.21. The van der Waals surface area contributed by atoms with Crippen LogP contribution in [0.4, 0.5) is 5.00 Å². The molecule has 2 amide bonds. The molecule has 2 aromatic rings. The molecule has 3 rings (SSSR count). The number of rotatable bonds is 7. The molecule has 10 heteroatoms. The molecule has 1 aromatic carbocycles. The SMILES string of the molecule is CC(=O)NC(Cc1ccc(O)cc1)C(=O)NCC1OCCc2c1sc(N)c2C(=O)O. The van der Waals surface area contributed by atoms with Crippen molar-refractivity contribution in [1.29, 1.82) is 0 Å². The van der Waals surface area contributed by atoms with Crippen LogP contribution >= 0.6 is 11.3 Å². The number of carbonyl (C=O) groups is 3. The summed E-state index contributed by atoms with van der Waals surface area (Å²) in [5.74, 6) is -1.70. The second kappa shape index (κ2) is 9.14. The lowest BCUT2D eigenvalue weighted by Crippen LogP contribution is -2.48. The Morgan fingerprint density at radius 1 is 1.30 bits per heavy atom. The number of aromatic hydroxyl groups is 1. The van der Waals surface area contributed by atoms with Crippen molar-refractivity contribution in [2.45, 2.75) is 31.9 Å². The van der Waals surface area contributed by atoms with E-state index in [1.807, 2.05) is 0 Å². The molecule has 0 bridgehead atoms. The monoisotopic (exact) mass is 433 g/mol. The second-order valence-corrected chi connectivity index (χ2v) is 8.05. The van der Waals surface area contributed by atoms with Gasteiger partial charge in [-0.1, -0.05) is 12.1 Å². The maximum atomic E-state index is 12.7. The normalized spacial score (nSPS) is 16.4. The minimum atomic E-state index is -1.07. The number of aromatic carboxylic acids is 1. The van der Waals surface area contributed by atoms with Crippen LogP contribution < -0.4 is 16.4 Å². The standard InChI is InChI=1S/C20H23N3O6S/c1-10(24)23-14(8-11-2-4-12(25)5-3-11)19(26)22-9-15-17-13(6-7-29-15)16(20(27)28)18(21)30-17/h2-5,14-15,25H,6-9,21H2,1H3,(H,22,26)(H,23,24)(H,27,28). The van der Waals surface area contributed by atoms with Gasteiger partial charge in [0, 0.05) is 24.8 Å². The van der Waals surface area contributed by atoms with Gasteiger partial charge in [-0.3, -0.25) is 9.59 Å². The molecule has 2 unspecified atom stereocenters. The number of hydrogen-bond acceptors (Lipinski definition) is 7. The minimum absolute atomic E-state index is 0.109. The lowest BCUT2D eigenvalue weighted by atomic mass is 10.0. The number of nitrogen functional groups attached to an aromatic ring is 1. The van der Waals surface area contributed by atoms with E-state index in [0.717, 1.165) is 16.9 Å². The number of carboxylic acids is 1. The number of nitrogens with two attached hydrogens (primary N) is 1. The number of hydrogen-bond donors (Lipinski definition) is 5. The minimum Gasteiger partial charge on any atom is -0.508 e. The van der Waals surface area contributed by atoms with E-state index < -0.39 is 24.0 Å². The number of phenols is 1. The molecule has 6 N–H and O–H groups in total. The fraction of sp³-hybridized carbons (Fsp3) is 0.350. The van der Waals surface area contributed by atoms with Crippen LogP contribution in [-0.4, -0.2) is 47.2 Å². The van der Waals surface area contributed by atoms with Crippen LogP contribution in [-0.2, 0) is 27.2 Å². The number of carbonyl (C=O) groups excluding carboxylic acids is 2. The Hall–Kier alpha value is -3.11. The summed E-state index contributed by atoms with van der Waals surface area (Å²) in [4.78, 5) is 36.5. The lowest BCUT2D eigenvalue weighted by molar-refractivity contribution is -0.128. The highest BCUT2D eigenvalue weighted by Gasteiger charge is 2.31. The number of amides is 2. The van der Waals surface area contributed by atoms with Crippen LogP contribution in [0.1, 0.15) is 39.4 Å². The van der Waals surface area contributed by atoms with Crippen LogP contribution in [0.2, 0.25) is 0 Å². The smallest absolute Gasteiger partial charge is 0.338 e. The van der Waals surface area contributed by atoms with Crippen molar-refractivity contribution in [3.63, 3.8) is 0 Å². The van der Waals surface area contributed by atoms with E-state index in [1.54, 1.807) is 12.1 Å². The first-order valence-corrected chi connectivity index (χ1v) is 10.2. The van der Waals surface area contributed by atoms with Gasteiger partial charge in [-0.25, -0.2) is 4.79 Å². The van der Waals surface area contributed by atoms with E-state index in [4.69, 9.17) is 10.5 Å². The van der Waals surface area contributed by atoms with Gasteiger partial charge in [0.1, 0.15) is 22.9 Å². The molecule has 0 fully saturated rings. The molecule has 0 saturated heterocycles. The van der Waals surface area contributed by atoms with E-state index in [2.05, 4.69) is 10.6 Å². The molecule has 0 spiro atoms. The molecule has 160 valence electrons. The van der Waals surface area contributed by atoms with Crippen molar-refractivity contribution in [2.75, 3.05) is 18.9 Å². The van der Waals surface area contributed by atoms with E-state index in [0.29, 0.717) is 23.5 Å². The molecule has 9 nitrogen and oxygen atoms in total. The van der Waals surface area contributed by atoms with Gasteiger partial charge in [0.05, 0.1) is 12.2 Å². The highest BCUT2D eigenvalue weighted by molar-refractivity contribution is 7.16. The fourth-order valence-electron chi connectivity index (χ4n) is 3.42. The molecule has 1 aliphatic rings. The zero-order valence-electron chi connectivity index (χ0n) is 16.3. The highest BCUT2D eigenvalue weighted by atomic mass is 32.1. The van der Waals surface area contributed by atoms with Crippen molar-refractivity contribution in [3.8, 4) is 5.75 Å². The first-order valence-electron chi connectivity index (χ1n) is 9.35. The number of fused-ring (bicyclic) bond motifs is 1. The van der Waals surface area contributed by atoms with Crippen LogP contribution in [0.25, 0.3) is 0 Å². The Morgan fingerprint density at radius 2 is 2.00 bits per heavy atom. The van der Waals surface area contributed by atoms with Crippen molar-refractivity contribution in [3.05, 3.63) is 45.8 Å². The summed E-state index contributed by atoms with van der Waals surface area (Å²) < 4.78 is 5.73. The third-order valence-corrected chi connectivity index (χ3v) is 5.93. The van der Waals surface area contributed by atoms with E-state index >= 15 is 0 Å². The summed E-state index contributed by atoms with van der Waals surface area (Å²) in [7, 11) is 0.